The first-order valence-electron chi connectivity index (χ1n) is 5.96. The molecular weight excluding hydrogens is 202 g/mol. The van der Waals surface area contributed by atoms with Gasteiger partial charge in [-0.05, 0) is 20.3 Å². The van der Waals surface area contributed by atoms with Gasteiger partial charge >= 0.3 is 0 Å². The summed E-state index contributed by atoms with van der Waals surface area (Å²) in [5, 5.41) is 3.25. The van der Waals surface area contributed by atoms with E-state index in [1.807, 2.05) is 0 Å². The van der Waals surface area contributed by atoms with Crippen molar-refractivity contribution in [3.05, 3.63) is 22.2 Å². The van der Waals surface area contributed by atoms with Gasteiger partial charge in [-0.1, -0.05) is 26.2 Å². The molecule has 0 aliphatic carbocycles. The van der Waals surface area contributed by atoms with Crippen LogP contribution in [0.25, 0.3) is 0 Å². The van der Waals surface area contributed by atoms with Crippen molar-refractivity contribution in [1.29, 1.82) is 0 Å². The Balaban J connectivity index is 2.49. The molecule has 0 aliphatic rings. The number of unbranched alkanes of at least 4 members (excludes halogenated alkanes) is 2. The van der Waals surface area contributed by atoms with Crippen LogP contribution in [0.3, 0.4) is 0 Å². The lowest BCUT2D eigenvalue weighted by Crippen LogP contribution is -2.19. The molecule has 0 spiro atoms. The Morgan fingerprint density at radius 2 is 2.25 bits per heavy atom. The number of hydrogen-bond acceptors (Lipinski definition) is 3. The largest absolute Gasteiger partial charge is 0.367 e. The highest BCUT2D eigenvalue weighted by atomic mass is 16.1. The molecule has 1 rings (SSSR count). The minimum absolute atomic E-state index is 0.101. The molecule has 90 valence electrons. The summed E-state index contributed by atoms with van der Waals surface area (Å²) in [5.41, 5.74) is -0.101. The van der Waals surface area contributed by atoms with Crippen molar-refractivity contribution < 1.29 is 0 Å². The van der Waals surface area contributed by atoms with Gasteiger partial charge in [-0.2, -0.15) is 0 Å². The summed E-state index contributed by atoms with van der Waals surface area (Å²) < 4.78 is 0. The van der Waals surface area contributed by atoms with Crippen LogP contribution < -0.4 is 10.9 Å². The monoisotopic (exact) mass is 223 g/mol. The molecule has 0 fully saturated rings. The Kier molecular flexibility index (Phi) is 5.02. The third-order valence-electron chi connectivity index (χ3n) is 2.50. The van der Waals surface area contributed by atoms with Crippen LogP contribution in [0, 0.1) is 6.92 Å². The molecule has 1 atom stereocenters. The van der Waals surface area contributed by atoms with Crippen molar-refractivity contribution >= 4 is 5.82 Å². The number of aryl methyl sites for hydroxylation is 1. The smallest absolute Gasteiger partial charge is 0.252 e. The Morgan fingerprint density at radius 1 is 1.50 bits per heavy atom. The van der Waals surface area contributed by atoms with Gasteiger partial charge in [-0.15, -0.1) is 0 Å². The zero-order valence-corrected chi connectivity index (χ0v) is 10.3. The van der Waals surface area contributed by atoms with E-state index in [9.17, 15) is 4.79 Å². The Bertz CT molecular complexity index is 373. The predicted octanol–water partition coefficient (Wildman–Crippen LogP) is 2.46. The molecule has 1 aromatic heterocycles. The molecule has 0 amide bonds. The molecule has 16 heavy (non-hydrogen) atoms. The topological polar surface area (TPSA) is 57.8 Å². The first kappa shape index (κ1) is 12.7. The second-order valence-corrected chi connectivity index (χ2v) is 4.26. The molecule has 1 aromatic rings. The van der Waals surface area contributed by atoms with Crippen LogP contribution in [0.15, 0.2) is 10.9 Å². The normalized spacial score (nSPS) is 12.4. The Hall–Kier alpha value is -1.32. The fourth-order valence-electron chi connectivity index (χ4n) is 1.68. The van der Waals surface area contributed by atoms with E-state index in [0.29, 0.717) is 17.7 Å². The molecule has 0 aromatic carbocycles. The van der Waals surface area contributed by atoms with Gasteiger partial charge < -0.3 is 10.3 Å². The first-order chi connectivity index (χ1) is 7.61. The van der Waals surface area contributed by atoms with E-state index in [-0.39, 0.29) is 5.56 Å². The number of nitrogens with zero attached hydrogens (tertiary/aromatic N) is 1. The van der Waals surface area contributed by atoms with Gasteiger partial charge in [0, 0.05) is 12.1 Å². The van der Waals surface area contributed by atoms with Crippen molar-refractivity contribution in [3.63, 3.8) is 0 Å². The van der Waals surface area contributed by atoms with E-state index in [2.05, 4.69) is 29.1 Å². The number of hydrogen-bond donors (Lipinski definition) is 2. The standard InChI is InChI=1S/C12H21N3O/c1-4-5-6-7-9(2)13-11-8-12(16)15-10(3)14-11/h8-9H,4-7H2,1-3H3,(H2,13,14,15,16). The lowest BCUT2D eigenvalue weighted by molar-refractivity contribution is 0.613. The molecule has 0 aliphatic heterocycles. The number of rotatable bonds is 6. The van der Waals surface area contributed by atoms with Gasteiger partial charge in [0.15, 0.2) is 0 Å². The number of H-pyrrole nitrogens is 1. The highest BCUT2D eigenvalue weighted by Gasteiger charge is 2.03. The summed E-state index contributed by atoms with van der Waals surface area (Å²) in [4.78, 5) is 18.1. The molecule has 0 saturated carbocycles. The third-order valence-corrected chi connectivity index (χ3v) is 2.50. The maximum Gasteiger partial charge on any atom is 0.252 e. The van der Waals surface area contributed by atoms with Gasteiger partial charge in [-0.25, -0.2) is 4.98 Å². The maximum atomic E-state index is 11.2. The van der Waals surface area contributed by atoms with Crippen LogP contribution in [0.4, 0.5) is 5.82 Å². The van der Waals surface area contributed by atoms with E-state index in [4.69, 9.17) is 0 Å². The summed E-state index contributed by atoms with van der Waals surface area (Å²) in [6, 6.07) is 1.86. The fourth-order valence-corrected chi connectivity index (χ4v) is 1.68. The van der Waals surface area contributed by atoms with Crippen LogP contribution >= 0.6 is 0 Å². The van der Waals surface area contributed by atoms with Crippen LogP contribution in [-0.4, -0.2) is 16.0 Å². The number of aromatic amines is 1. The molecule has 1 heterocycles. The highest BCUT2D eigenvalue weighted by molar-refractivity contribution is 5.33. The zero-order valence-electron chi connectivity index (χ0n) is 10.3. The number of anilines is 1. The average molecular weight is 223 g/mol. The van der Waals surface area contributed by atoms with Crippen molar-refractivity contribution in [1.82, 2.24) is 9.97 Å². The second-order valence-electron chi connectivity index (χ2n) is 4.26. The summed E-state index contributed by atoms with van der Waals surface area (Å²) >= 11 is 0. The van der Waals surface area contributed by atoms with E-state index in [1.54, 1.807) is 6.92 Å². The summed E-state index contributed by atoms with van der Waals surface area (Å²) in [5.74, 6) is 1.32. The van der Waals surface area contributed by atoms with Gasteiger partial charge in [0.2, 0.25) is 0 Å². The summed E-state index contributed by atoms with van der Waals surface area (Å²) in [6.45, 7) is 6.10. The van der Waals surface area contributed by atoms with Crippen LogP contribution in [0.5, 0.6) is 0 Å². The molecule has 4 nitrogen and oxygen atoms in total. The van der Waals surface area contributed by atoms with Gasteiger partial charge in [0.25, 0.3) is 5.56 Å². The molecule has 4 heteroatoms. The van der Waals surface area contributed by atoms with Crippen molar-refractivity contribution in [2.75, 3.05) is 5.32 Å². The molecule has 2 N–H and O–H groups in total. The fraction of sp³-hybridized carbons (Fsp3) is 0.667. The Labute approximate surface area is 96.5 Å². The quantitative estimate of drug-likeness (QED) is 0.728. The minimum Gasteiger partial charge on any atom is -0.367 e. The molecular formula is C12H21N3O. The molecule has 1 unspecified atom stereocenters. The SMILES string of the molecule is CCCCCC(C)Nc1cc(=O)[nH]c(C)n1. The average Bonchev–Trinajstić information content (AvgIpc) is 2.16. The molecule has 0 radical (unpaired) electrons. The maximum absolute atomic E-state index is 11.2. The lowest BCUT2D eigenvalue weighted by Gasteiger charge is -2.14. The van der Waals surface area contributed by atoms with E-state index < -0.39 is 0 Å². The summed E-state index contributed by atoms with van der Waals surface area (Å²) in [6.07, 6.45) is 4.82. The molecule has 0 bridgehead atoms. The van der Waals surface area contributed by atoms with E-state index in [0.717, 1.165) is 6.42 Å². The van der Waals surface area contributed by atoms with Crippen molar-refractivity contribution in [3.8, 4) is 0 Å². The van der Waals surface area contributed by atoms with Crippen LogP contribution in [-0.2, 0) is 0 Å². The summed E-state index contributed by atoms with van der Waals surface area (Å²) in [7, 11) is 0. The first-order valence-corrected chi connectivity index (χ1v) is 5.96. The van der Waals surface area contributed by atoms with Gasteiger partial charge in [0.1, 0.15) is 11.6 Å². The van der Waals surface area contributed by atoms with Gasteiger partial charge in [-0.3, -0.25) is 4.79 Å². The van der Waals surface area contributed by atoms with Crippen LogP contribution in [0.1, 0.15) is 45.4 Å². The number of aromatic nitrogens is 2. The highest BCUT2D eigenvalue weighted by Crippen LogP contribution is 2.08. The minimum atomic E-state index is -0.101. The third kappa shape index (κ3) is 4.47. The number of nitrogens with one attached hydrogen (secondary N) is 2. The Morgan fingerprint density at radius 3 is 2.88 bits per heavy atom. The lowest BCUT2D eigenvalue weighted by atomic mass is 10.1. The predicted molar refractivity (Wildman–Crippen MR) is 66.8 cm³/mol. The van der Waals surface area contributed by atoms with Gasteiger partial charge in [0.05, 0.1) is 0 Å². The molecule has 0 saturated heterocycles. The van der Waals surface area contributed by atoms with E-state index in [1.165, 1.54) is 25.3 Å². The zero-order chi connectivity index (χ0) is 12.0. The second kappa shape index (κ2) is 6.30. The van der Waals surface area contributed by atoms with Crippen LogP contribution in [0.2, 0.25) is 0 Å². The van der Waals surface area contributed by atoms with Crippen molar-refractivity contribution in [2.45, 2.75) is 52.5 Å². The van der Waals surface area contributed by atoms with E-state index >= 15 is 0 Å². The van der Waals surface area contributed by atoms with Crippen molar-refractivity contribution in [2.24, 2.45) is 0 Å².